The zero-order valence-electron chi connectivity index (χ0n) is 15.0. The predicted octanol–water partition coefficient (Wildman–Crippen LogP) is 1.34. The van der Waals surface area contributed by atoms with Crippen LogP contribution in [-0.4, -0.2) is 30.4 Å². The molecule has 0 aromatic heterocycles. The molecule has 0 saturated carbocycles. The first kappa shape index (κ1) is 20.0. The summed E-state index contributed by atoms with van der Waals surface area (Å²) in [4.78, 5) is 34.2. The molecule has 7 nitrogen and oxygen atoms in total. The van der Waals surface area contributed by atoms with Crippen molar-refractivity contribution in [2.45, 2.75) is 26.0 Å². The quantitative estimate of drug-likeness (QED) is 0.648. The highest BCUT2D eigenvalue weighted by molar-refractivity contribution is 5.88. The van der Waals surface area contributed by atoms with Gasteiger partial charge in [-0.15, -0.1) is 0 Å². The molecule has 2 rings (SSSR count). The maximum atomic E-state index is 11.8. The summed E-state index contributed by atoms with van der Waals surface area (Å²) < 4.78 is 10.4. The SMILES string of the molecule is CC(=O)OCC(=O)N[C@H](Cc1cccc(OCc2ccccc2)c1)C(N)=O. The molecule has 0 saturated heterocycles. The molecule has 0 heterocycles. The highest BCUT2D eigenvalue weighted by Crippen LogP contribution is 2.16. The van der Waals surface area contributed by atoms with Crippen LogP contribution in [0.25, 0.3) is 0 Å². The van der Waals surface area contributed by atoms with Crippen molar-refractivity contribution in [2.24, 2.45) is 5.73 Å². The summed E-state index contributed by atoms with van der Waals surface area (Å²) in [6, 6.07) is 16.0. The summed E-state index contributed by atoms with van der Waals surface area (Å²) in [6.45, 7) is 1.15. The van der Waals surface area contributed by atoms with Crippen molar-refractivity contribution in [2.75, 3.05) is 6.61 Å². The average molecular weight is 370 g/mol. The lowest BCUT2D eigenvalue weighted by molar-refractivity contribution is -0.146. The molecule has 142 valence electrons. The van der Waals surface area contributed by atoms with E-state index in [1.807, 2.05) is 42.5 Å². The lowest BCUT2D eigenvalue weighted by Crippen LogP contribution is -2.47. The van der Waals surface area contributed by atoms with Crippen LogP contribution >= 0.6 is 0 Å². The molecule has 0 fully saturated rings. The van der Waals surface area contributed by atoms with Crippen LogP contribution in [0.2, 0.25) is 0 Å². The van der Waals surface area contributed by atoms with Gasteiger partial charge < -0.3 is 20.5 Å². The zero-order chi connectivity index (χ0) is 19.6. The second-order valence-corrected chi connectivity index (χ2v) is 5.93. The fourth-order valence-electron chi connectivity index (χ4n) is 2.36. The lowest BCUT2D eigenvalue weighted by Gasteiger charge is -2.16. The van der Waals surface area contributed by atoms with Crippen molar-refractivity contribution in [3.05, 3.63) is 65.7 Å². The summed E-state index contributed by atoms with van der Waals surface area (Å²) in [6.07, 6.45) is 0.198. The molecule has 27 heavy (non-hydrogen) atoms. The minimum absolute atomic E-state index is 0.198. The molecule has 0 spiro atoms. The van der Waals surface area contributed by atoms with Crippen molar-refractivity contribution in [1.29, 1.82) is 0 Å². The fraction of sp³-hybridized carbons (Fsp3) is 0.250. The van der Waals surface area contributed by atoms with E-state index in [9.17, 15) is 14.4 Å². The molecule has 0 aliphatic carbocycles. The molecular formula is C20H22N2O5. The number of carbonyl (C=O) groups is 3. The maximum Gasteiger partial charge on any atom is 0.303 e. The van der Waals surface area contributed by atoms with Gasteiger partial charge in [0.25, 0.3) is 5.91 Å². The summed E-state index contributed by atoms with van der Waals surface area (Å²) in [5.41, 5.74) is 7.18. The Kier molecular flexibility index (Phi) is 7.37. The van der Waals surface area contributed by atoms with E-state index in [0.29, 0.717) is 12.4 Å². The first-order chi connectivity index (χ1) is 12.9. The van der Waals surface area contributed by atoms with E-state index in [2.05, 4.69) is 10.1 Å². The van der Waals surface area contributed by atoms with Gasteiger partial charge in [0.1, 0.15) is 18.4 Å². The van der Waals surface area contributed by atoms with Gasteiger partial charge in [-0.2, -0.15) is 0 Å². The highest BCUT2D eigenvalue weighted by Gasteiger charge is 2.19. The number of benzene rings is 2. The number of carbonyl (C=O) groups excluding carboxylic acids is 3. The fourth-order valence-corrected chi connectivity index (χ4v) is 2.36. The van der Waals surface area contributed by atoms with Crippen LogP contribution in [0, 0.1) is 0 Å². The maximum absolute atomic E-state index is 11.8. The van der Waals surface area contributed by atoms with Gasteiger partial charge in [-0.05, 0) is 23.3 Å². The predicted molar refractivity (Wildman–Crippen MR) is 98.7 cm³/mol. The molecule has 1 atom stereocenters. The van der Waals surface area contributed by atoms with Crippen LogP contribution < -0.4 is 15.8 Å². The van der Waals surface area contributed by atoms with Crippen LogP contribution in [0.3, 0.4) is 0 Å². The summed E-state index contributed by atoms with van der Waals surface area (Å²) in [5, 5.41) is 2.47. The van der Waals surface area contributed by atoms with E-state index >= 15 is 0 Å². The molecule has 0 aliphatic heterocycles. The topological polar surface area (TPSA) is 108 Å². The zero-order valence-corrected chi connectivity index (χ0v) is 15.0. The van der Waals surface area contributed by atoms with Crippen LogP contribution in [0.4, 0.5) is 0 Å². The van der Waals surface area contributed by atoms with Crippen LogP contribution in [0.15, 0.2) is 54.6 Å². The lowest BCUT2D eigenvalue weighted by atomic mass is 10.1. The number of ether oxygens (including phenoxy) is 2. The van der Waals surface area contributed by atoms with E-state index in [1.54, 1.807) is 12.1 Å². The second kappa shape index (κ2) is 9.96. The number of nitrogens with one attached hydrogen (secondary N) is 1. The number of amides is 2. The van der Waals surface area contributed by atoms with Crippen molar-refractivity contribution in [3.8, 4) is 5.75 Å². The molecule has 2 aromatic rings. The Morgan fingerprint density at radius 1 is 1.04 bits per heavy atom. The number of nitrogens with two attached hydrogens (primary N) is 1. The van der Waals surface area contributed by atoms with Crippen molar-refractivity contribution in [3.63, 3.8) is 0 Å². The summed E-state index contributed by atoms with van der Waals surface area (Å²) in [5.74, 6) is -1.21. The van der Waals surface area contributed by atoms with Gasteiger partial charge in [0.2, 0.25) is 5.91 Å². The van der Waals surface area contributed by atoms with Gasteiger partial charge in [-0.1, -0.05) is 42.5 Å². The molecule has 0 aliphatic rings. The summed E-state index contributed by atoms with van der Waals surface area (Å²) in [7, 11) is 0. The van der Waals surface area contributed by atoms with E-state index in [-0.39, 0.29) is 6.42 Å². The third-order valence-corrected chi connectivity index (χ3v) is 3.67. The smallest absolute Gasteiger partial charge is 0.303 e. The van der Waals surface area contributed by atoms with Crippen molar-refractivity contribution in [1.82, 2.24) is 5.32 Å². The van der Waals surface area contributed by atoms with Crippen LogP contribution in [0.1, 0.15) is 18.1 Å². The first-order valence-corrected chi connectivity index (χ1v) is 8.41. The molecule has 3 N–H and O–H groups in total. The van der Waals surface area contributed by atoms with Crippen molar-refractivity contribution < 1.29 is 23.9 Å². The molecule has 7 heteroatoms. The minimum Gasteiger partial charge on any atom is -0.489 e. The average Bonchev–Trinajstić information content (AvgIpc) is 2.65. The molecule has 2 aromatic carbocycles. The minimum atomic E-state index is -0.919. The van der Waals surface area contributed by atoms with Gasteiger partial charge in [-0.3, -0.25) is 14.4 Å². The Morgan fingerprint density at radius 3 is 2.41 bits per heavy atom. The Bertz CT molecular complexity index is 792. The summed E-state index contributed by atoms with van der Waals surface area (Å²) >= 11 is 0. The van der Waals surface area contributed by atoms with E-state index in [0.717, 1.165) is 11.1 Å². The third-order valence-electron chi connectivity index (χ3n) is 3.67. The molecule has 2 amide bonds. The monoisotopic (exact) mass is 370 g/mol. The van der Waals surface area contributed by atoms with Crippen LogP contribution in [0.5, 0.6) is 5.75 Å². The molecule has 0 radical (unpaired) electrons. The normalized spacial score (nSPS) is 11.3. The standard InChI is InChI=1S/C20H22N2O5/c1-14(23)26-13-19(24)22-18(20(21)25)11-16-8-5-9-17(10-16)27-12-15-6-3-2-4-7-15/h2-10,18H,11-13H2,1H3,(H2,21,25)(H,22,24)/t18-/m1/s1. The van der Waals surface area contributed by atoms with Gasteiger partial charge >= 0.3 is 5.97 Å². The molecular weight excluding hydrogens is 348 g/mol. The van der Waals surface area contributed by atoms with Gasteiger partial charge in [-0.25, -0.2) is 0 Å². The first-order valence-electron chi connectivity index (χ1n) is 8.41. The van der Waals surface area contributed by atoms with Crippen LogP contribution in [-0.2, 0) is 32.1 Å². The number of rotatable bonds is 9. The Hall–Kier alpha value is -3.35. The number of hydrogen-bond acceptors (Lipinski definition) is 5. The number of esters is 1. The van der Waals surface area contributed by atoms with E-state index in [4.69, 9.17) is 10.5 Å². The van der Waals surface area contributed by atoms with E-state index in [1.165, 1.54) is 6.92 Å². The third kappa shape index (κ3) is 7.19. The highest BCUT2D eigenvalue weighted by atomic mass is 16.5. The van der Waals surface area contributed by atoms with Gasteiger partial charge in [0.15, 0.2) is 6.61 Å². The van der Waals surface area contributed by atoms with E-state index < -0.39 is 30.4 Å². The van der Waals surface area contributed by atoms with Gasteiger partial charge in [0, 0.05) is 13.3 Å². The Labute approximate surface area is 157 Å². The Morgan fingerprint density at radius 2 is 1.74 bits per heavy atom. The van der Waals surface area contributed by atoms with Gasteiger partial charge in [0.05, 0.1) is 0 Å². The Balaban J connectivity index is 1.96. The largest absolute Gasteiger partial charge is 0.489 e. The molecule has 0 bridgehead atoms. The number of hydrogen-bond donors (Lipinski definition) is 2. The second-order valence-electron chi connectivity index (χ2n) is 5.93. The number of primary amides is 1. The van der Waals surface area contributed by atoms with Crippen molar-refractivity contribution >= 4 is 17.8 Å². The molecule has 0 unspecified atom stereocenters.